The second-order valence-electron chi connectivity index (χ2n) is 3.97. The van der Waals surface area contributed by atoms with Gasteiger partial charge in [-0.1, -0.05) is 23.7 Å². The van der Waals surface area contributed by atoms with Crippen LogP contribution in [0.4, 0.5) is 0 Å². The molecule has 0 unspecified atom stereocenters. The van der Waals surface area contributed by atoms with Gasteiger partial charge in [-0.2, -0.15) is 0 Å². The summed E-state index contributed by atoms with van der Waals surface area (Å²) < 4.78 is 4.51. The van der Waals surface area contributed by atoms with Crippen molar-refractivity contribution in [2.45, 2.75) is 6.42 Å². The molecule has 1 aromatic carbocycles. The monoisotopic (exact) mass is 281 g/mol. The molecule has 0 saturated heterocycles. The van der Waals surface area contributed by atoms with Crippen LogP contribution in [0.25, 0.3) is 6.08 Å². The van der Waals surface area contributed by atoms with E-state index in [2.05, 4.69) is 4.74 Å². The number of halogens is 1. The predicted octanol–water partition coefficient (Wildman–Crippen LogP) is 2.37. The van der Waals surface area contributed by atoms with Crippen LogP contribution in [0.1, 0.15) is 12.0 Å². The molecule has 1 amide bonds. The number of likely N-dealkylation sites (N-methyl/N-ethyl adjacent to an activating group) is 1. The highest BCUT2D eigenvalue weighted by Gasteiger charge is 2.07. The summed E-state index contributed by atoms with van der Waals surface area (Å²) in [6, 6.07) is 7.15. The Labute approximate surface area is 117 Å². The largest absolute Gasteiger partial charge is 0.469 e. The van der Waals surface area contributed by atoms with E-state index in [4.69, 9.17) is 11.6 Å². The zero-order chi connectivity index (χ0) is 14.3. The molecule has 0 bridgehead atoms. The first-order valence-electron chi connectivity index (χ1n) is 5.78. The molecule has 0 saturated carbocycles. The Morgan fingerprint density at radius 1 is 1.32 bits per heavy atom. The smallest absolute Gasteiger partial charge is 0.307 e. The molecule has 0 aromatic heterocycles. The molecule has 0 radical (unpaired) electrons. The molecule has 5 heteroatoms. The number of amides is 1. The van der Waals surface area contributed by atoms with Gasteiger partial charge in [0.25, 0.3) is 0 Å². The van der Waals surface area contributed by atoms with Crippen LogP contribution in [0, 0.1) is 0 Å². The van der Waals surface area contributed by atoms with E-state index in [-0.39, 0.29) is 18.3 Å². The lowest BCUT2D eigenvalue weighted by molar-refractivity contribution is -0.141. The van der Waals surface area contributed by atoms with Crippen molar-refractivity contribution in [3.05, 3.63) is 40.9 Å². The van der Waals surface area contributed by atoms with E-state index in [9.17, 15) is 9.59 Å². The number of esters is 1. The van der Waals surface area contributed by atoms with Gasteiger partial charge in [-0.05, 0) is 23.8 Å². The number of benzene rings is 1. The lowest BCUT2D eigenvalue weighted by Gasteiger charge is -2.13. The molecular weight excluding hydrogens is 266 g/mol. The molecule has 19 heavy (non-hydrogen) atoms. The molecule has 0 fully saturated rings. The van der Waals surface area contributed by atoms with E-state index in [1.807, 2.05) is 12.1 Å². The van der Waals surface area contributed by atoms with Crippen molar-refractivity contribution in [2.24, 2.45) is 0 Å². The molecule has 1 aromatic rings. The molecule has 4 nitrogen and oxygen atoms in total. The zero-order valence-electron chi connectivity index (χ0n) is 10.9. The van der Waals surface area contributed by atoms with Crippen LogP contribution >= 0.6 is 11.6 Å². The molecule has 102 valence electrons. The normalized spacial score (nSPS) is 10.5. The number of nitrogens with zero attached hydrogens (tertiary/aromatic N) is 1. The first-order chi connectivity index (χ1) is 9.02. The number of hydrogen-bond donors (Lipinski definition) is 0. The van der Waals surface area contributed by atoms with Gasteiger partial charge < -0.3 is 9.64 Å². The molecular formula is C14H16ClNO3. The van der Waals surface area contributed by atoms with E-state index in [1.165, 1.54) is 18.1 Å². The average Bonchev–Trinajstić information content (AvgIpc) is 2.43. The summed E-state index contributed by atoms with van der Waals surface area (Å²) in [7, 11) is 2.96. The maximum Gasteiger partial charge on any atom is 0.307 e. The lowest BCUT2D eigenvalue weighted by atomic mass is 10.2. The highest BCUT2D eigenvalue weighted by atomic mass is 35.5. The van der Waals surface area contributed by atoms with Gasteiger partial charge in [0, 0.05) is 24.7 Å². The Kier molecular flexibility index (Phi) is 6.09. The number of hydrogen-bond acceptors (Lipinski definition) is 3. The van der Waals surface area contributed by atoms with E-state index in [0.717, 1.165) is 5.56 Å². The molecule has 0 aliphatic carbocycles. The minimum atomic E-state index is -0.332. The third-order valence-electron chi connectivity index (χ3n) is 2.54. The topological polar surface area (TPSA) is 46.6 Å². The molecule has 0 aliphatic rings. The standard InChI is InChI=1S/C14H16ClNO3/c1-16(10-9-14(18)19-2)13(17)8-5-11-3-6-12(15)7-4-11/h3-8H,9-10H2,1-2H3. The zero-order valence-corrected chi connectivity index (χ0v) is 11.7. The summed E-state index contributed by atoms with van der Waals surface area (Å²) in [5, 5.41) is 0.652. The number of ether oxygens (including phenoxy) is 1. The minimum absolute atomic E-state index is 0.168. The van der Waals surface area contributed by atoms with E-state index < -0.39 is 0 Å². The molecule has 0 N–H and O–H groups in total. The minimum Gasteiger partial charge on any atom is -0.469 e. The van der Waals surface area contributed by atoms with Crippen LogP contribution in [0.2, 0.25) is 5.02 Å². The van der Waals surface area contributed by atoms with Gasteiger partial charge in [-0.15, -0.1) is 0 Å². The second kappa shape index (κ2) is 7.59. The fourth-order valence-corrected chi connectivity index (χ4v) is 1.47. The Morgan fingerprint density at radius 2 is 1.95 bits per heavy atom. The van der Waals surface area contributed by atoms with Gasteiger partial charge in [0.2, 0.25) is 5.91 Å². The average molecular weight is 282 g/mol. The maximum absolute atomic E-state index is 11.7. The fraction of sp³-hybridized carbons (Fsp3) is 0.286. The summed E-state index contributed by atoms with van der Waals surface area (Å²) >= 11 is 5.77. The van der Waals surface area contributed by atoms with Crippen molar-refractivity contribution in [1.82, 2.24) is 4.90 Å². The molecule has 0 atom stereocenters. The molecule has 1 rings (SSSR count). The predicted molar refractivity (Wildman–Crippen MR) is 74.8 cm³/mol. The SMILES string of the molecule is COC(=O)CCN(C)C(=O)C=Cc1ccc(Cl)cc1. The quantitative estimate of drug-likeness (QED) is 0.615. The Bertz CT molecular complexity index is 468. The van der Waals surface area contributed by atoms with Gasteiger partial charge in [0.1, 0.15) is 0 Å². The van der Waals surface area contributed by atoms with Crippen LogP contribution in [0.3, 0.4) is 0 Å². The van der Waals surface area contributed by atoms with Crippen LogP contribution in [0.15, 0.2) is 30.3 Å². The second-order valence-corrected chi connectivity index (χ2v) is 4.41. The van der Waals surface area contributed by atoms with E-state index in [1.54, 1.807) is 25.3 Å². The fourth-order valence-electron chi connectivity index (χ4n) is 1.34. The van der Waals surface area contributed by atoms with Gasteiger partial charge >= 0.3 is 5.97 Å². The van der Waals surface area contributed by atoms with Crippen molar-refractivity contribution < 1.29 is 14.3 Å². The van der Waals surface area contributed by atoms with Gasteiger partial charge in [-0.25, -0.2) is 0 Å². The summed E-state index contributed by atoms with van der Waals surface area (Å²) in [6.07, 6.45) is 3.35. The van der Waals surface area contributed by atoms with Crippen molar-refractivity contribution in [2.75, 3.05) is 20.7 Å². The van der Waals surface area contributed by atoms with Crippen LogP contribution in [0.5, 0.6) is 0 Å². The van der Waals surface area contributed by atoms with Crippen molar-refractivity contribution in [1.29, 1.82) is 0 Å². The van der Waals surface area contributed by atoms with Crippen molar-refractivity contribution >= 4 is 29.6 Å². The van der Waals surface area contributed by atoms with Crippen molar-refractivity contribution in [3.8, 4) is 0 Å². The van der Waals surface area contributed by atoms with Crippen LogP contribution < -0.4 is 0 Å². The van der Waals surface area contributed by atoms with Crippen LogP contribution in [-0.2, 0) is 14.3 Å². The van der Waals surface area contributed by atoms with E-state index >= 15 is 0 Å². The Balaban J connectivity index is 2.49. The first-order valence-corrected chi connectivity index (χ1v) is 6.16. The first kappa shape index (κ1) is 15.2. The van der Waals surface area contributed by atoms with E-state index in [0.29, 0.717) is 11.6 Å². The van der Waals surface area contributed by atoms with Gasteiger partial charge in [0.05, 0.1) is 13.5 Å². The summed E-state index contributed by atoms with van der Waals surface area (Å²) in [6.45, 7) is 0.330. The summed E-state index contributed by atoms with van der Waals surface area (Å²) in [4.78, 5) is 24.2. The number of methoxy groups -OCH3 is 1. The highest BCUT2D eigenvalue weighted by Crippen LogP contribution is 2.10. The summed E-state index contributed by atoms with van der Waals surface area (Å²) in [5.41, 5.74) is 0.888. The number of rotatable bonds is 5. The van der Waals surface area contributed by atoms with Crippen LogP contribution in [-0.4, -0.2) is 37.5 Å². The molecule has 0 spiro atoms. The Hall–Kier alpha value is -1.81. The molecule has 0 aliphatic heterocycles. The van der Waals surface area contributed by atoms with Gasteiger partial charge in [-0.3, -0.25) is 9.59 Å². The highest BCUT2D eigenvalue weighted by molar-refractivity contribution is 6.30. The lowest BCUT2D eigenvalue weighted by Crippen LogP contribution is -2.27. The molecule has 0 heterocycles. The summed E-state index contributed by atoms with van der Waals surface area (Å²) in [5.74, 6) is -0.500. The third-order valence-corrected chi connectivity index (χ3v) is 2.80. The Morgan fingerprint density at radius 3 is 2.53 bits per heavy atom. The maximum atomic E-state index is 11.7. The third kappa shape index (κ3) is 5.57. The van der Waals surface area contributed by atoms with Gasteiger partial charge in [0.15, 0.2) is 0 Å². The van der Waals surface area contributed by atoms with Crippen molar-refractivity contribution in [3.63, 3.8) is 0 Å². The number of carbonyl (C=O) groups is 2. The number of carbonyl (C=O) groups excluding carboxylic acids is 2.